The summed E-state index contributed by atoms with van der Waals surface area (Å²) >= 11 is 6.14. The lowest BCUT2D eigenvalue weighted by Gasteiger charge is -2.45. The van der Waals surface area contributed by atoms with Crippen LogP contribution in [0.25, 0.3) is 0 Å². The highest BCUT2D eigenvalue weighted by Crippen LogP contribution is 2.40. The van der Waals surface area contributed by atoms with Crippen molar-refractivity contribution < 1.29 is 14.4 Å². The molecule has 1 saturated carbocycles. The van der Waals surface area contributed by atoms with Crippen molar-refractivity contribution in [3.8, 4) is 0 Å². The van der Waals surface area contributed by atoms with Crippen molar-refractivity contribution in [2.45, 2.75) is 91.6 Å². The molecule has 3 fully saturated rings. The molecule has 0 bridgehead atoms. The molecule has 216 valence electrons. The highest BCUT2D eigenvalue weighted by atomic mass is 35.5. The van der Waals surface area contributed by atoms with Crippen LogP contribution in [0, 0.1) is 16.7 Å². The fourth-order valence-corrected chi connectivity index (χ4v) is 6.74. The molecule has 0 aromatic heterocycles. The van der Waals surface area contributed by atoms with E-state index in [1.807, 2.05) is 56.9 Å². The number of urea groups is 1. The van der Waals surface area contributed by atoms with Crippen molar-refractivity contribution in [3.63, 3.8) is 0 Å². The van der Waals surface area contributed by atoms with Gasteiger partial charge in [0.2, 0.25) is 11.8 Å². The summed E-state index contributed by atoms with van der Waals surface area (Å²) in [6.45, 7) is 15.2. The van der Waals surface area contributed by atoms with Crippen molar-refractivity contribution >= 4 is 29.4 Å². The summed E-state index contributed by atoms with van der Waals surface area (Å²) in [5, 5.41) is 3.54. The number of carbonyl (C=O) groups excluding carboxylic acids is 3. The third-order valence-corrected chi connectivity index (χ3v) is 9.25. The number of nitrogens with zero attached hydrogens (tertiary/aromatic N) is 3. The van der Waals surface area contributed by atoms with E-state index in [0.717, 1.165) is 37.7 Å². The Kier molecular flexibility index (Phi) is 8.89. The third kappa shape index (κ3) is 6.72. The van der Waals surface area contributed by atoms with Crippen LogP contribution in [0.2, 0.25) is 5.02 Å². The molecule has 1 N–H and O–H groups in total. The van der Waals surface area contributed by atoms with Gasteiger partial charge in [-0.25, -0.2) is 4.79 Å². The first-order valence-corrected chi connectivity index (χ1v) is 15.1. The fraction of sp³-hybridized carbons (Fsp3) is 0.710. The van der Waals surface area contributed by atoms with Gasteiger partial charge in [0.25, 0.3) is 0 Å². The van der Waals surface area contributed by atoms with Gasteiger partial charge in [-0.3, -0.25) is 9.59 Å². The van der Waals surface area contributed by atoms with Crippen molar-refractivity contribution in [2.75, 3.05) is 32.7 Å². The summed E-state index contributed by atoms with van der Waals surface area (Å²) in [6, 6.07) is 7.76. The molecule has 7 nitrogen and oxygen atoms in total. The molecule has 1 aromatic rings. The van der Waals surface area contributed by atoms with Crippen LogP contribution in [0.15, 0.2) is 24.3 Å². The number of hydrogen-bond donors (Lipinski definition) is 1. The summed E-state index contributed by atoms with van der Waals surface area (Å²) in [6.07, 6.45) is 5.05. The lowest BCUT2D eigenvalue weighted by molar-refractivity contribution is -0.146. The van der Waals surface area contributed by atoms with Crippen LogP contribution in [0.4, 0.5) is 4.79 Å². The average Bonchev–Trinajstić information content (AvgIpc) is 3.53. The van der Waals surface area contributed by atoms with Crippen LogP contribution in [0.1, 0.15) is 85.1 Å². The predicted molar refractivity (Wildman–Crippen MR) is 156 cm³/mol. The number of halogens is 1. The van der Waals surface area contributed by atoms with E-state index >= 15 is 0 Å². The normalized spacial score (nSPS) is 25.6. The molecule has 4 amide bonds. The van der Waals surface area contributed by atoms with Gasteiger partial charge in [0.05, 0.1) is 12.0 Å². The quantitative estimate of drug-likeness (QED) is 0.516. The molecule has 0 spiro atoms. The molecule has 2 saturated heterocycles. The zero-order valence-electron chi connectivity index (χ0n) is 24.6. The molecule has 1 aromatic carbocycles. The van der Waals surface area contributed by atoms with E-state index in [9.17, 15) is 14.4 Å². The maximum Gasteiger partial charge on any atom is 0.317 e. The van der Waals surface area contributed by atoms with E-state index in [1.165, 1.54) is 0 Å². The van der Waals surface area contributed by atoms with Crippen LogP contribution < -0.4 is 5.32 Å². The second-order valence-electron chi connectivity index (χ2n) is 13.6. The van der Waals surface area contributed by atoms with E-state index in [-0.39, 0.29) is 41.8 Å². The van der Waals surface area contributed by atoms with E-state index in [4.69, 9.17) is 11.6 Å². The van der Waals surface area contributed by atoms with Gasteiger partial charge in [0.15, 0.2) is 0 Å². The Morgan fingerprint density at radius 3 is 2.21 bits per heavy atom. The Bertz CT molecular complexity index is 1040. The van der Waals surface area contributed by atoms with E-state index in [0.29, 0.717) is 43.2 Å². The predicted octanol–water partition coefficient (Wildman–Crippen LogP) is 5.53. The van der Waals surface area contributed by atoms with Gasteiger partial charge in [-0.05, 0) is 62.1 Å². The standard InChI is InChI=1S/C31H47ClN4O3/c1-7-33-29(39)35-19-25(21-8-10-22(32)11-9-21)26(20-35)27(37)34-17-14-24(18-34)36(28(38)30(2,3)4)23-12-15-31(5,6)16-13-23/h8-11,23-26H,7,12-20H2,1-6H3,(H,33,39)/t24-,25-,26+/m0/s1. The summed E-state index contributed by atoms with van der Waals surface area (Å²) in [4.78, 5) is 46.4. The molecule has 1 aliphatic carbocycles. The van der Waals surface area contributed by atoms with Gasteiger partial charge in [-0.2, -0.15) is 0 Å². The first-order chi connectivity index (χ1) is 18.3. The van der Waals surface area contributed by atoms with Crippen molar-refractivity contribution in [3.05, 3.63) is 34.9 Å². The molecule has 39 heavy (non-hydrogen) atoms. The van der Waals surface area contributed by atoms with Gasteiger partial charge in [0.1, 0.15) is 0 Å². The summed E-state index contributed by atoms with van der Waals surface area (Å²) in [7, 11) is 0. The lowest BCUT2D eigenvalue weighted by Crippen LogP contribution is -2.54. The minimum atomic E-state index is -0.470. The topological polar surface area (TPSA) is 73.0 Å². The van der Waals surface area contributed by atoms with Crippen LogP contribution in [-0.2, 0) is 9.59 Å². The Hall–Kier alpha value is -2.28. The number of benzene rings is 1. The zero-order chi connectivity index (χ0) is 28.5. The van der Waals surface area contributed by atoms with Crippen LogP contribution in [0.3, 0.4) is 0 Å². The average molecular weight is 559 g/mol. The Morgan fingerprint density at radius 2 is 1.62 bits per heavy atom. The Labute approximate surface area is 239 Å². The highest BCUT2D eigenvalue weighted by Gasteiger charge is 2.46. The molecule has 2 heterocycles. The van der Waals surface area contributed by atoms with Gasteiger partial charge in [-0.1, -0.05) is 58.4 Å². The molecule has 3 atom stereocenters. The molecule has 2 aliphatic heterocycles. The smallest absolute Gasteiger partial charge is 0.317 e. The van der Waals surface area contributed by atoms with Gasteiger partial charge in [0, 0.05) is 55.1 Å². The molecule has 0 unspecified atom stereocenters. The van der Waals surface area contributed by atoms with E-state index in [1.54, 1.807) is 4.90 Å². The first kappa shape index (κ1) is 29.7. The number of carbonyl (C=O) groups is 3. The third-order valence-electron chi connectivity index (χ3n) is 9.00. The fourth-order valence-electron chi connectivity index (χ4n) is 6.61. The van der Waals surface area contributed by atoms with Crippen molar-refractivity contribution in [2.24, 2.45) is 16.7 Å². The monoisotopic (exact) mass is 558 g/mol. The second kappa shape index (κ2) is 11.7. The van der Waals surface area contributed by atoms with Crippen molar-refractivity contribution in [1.29, 1.82) is 0 Å². The molecular formula is C31H47ClN4O3. The van der Waals surface area contributed by atoms with Gasteiger partial charge in [-0.15, -0.1) is 0 Å². The summed E-state index contributed by atoms with van der Waals surface area (Å²) in [5.41, 5.74) is 0.872. The maximum atomic E-state index is 14.1. The largest absolute Gasteiger partial charge is 0.340 e. The maximum absolute atomic E-state index is 14.1. The highest BCUT2D eigenvalue weighted by molar-refractivity contribution is 6.30. The number of rotatable bonds is 5. The molecule has 0 radical (unpaired) electrons. The van der Waals surface area contributed by atoms with E-state index in [2.05, 4.69) is 24.1 Å². The molecular weight excluding hydrogens is 512 g/mol. The number of amides is 4. The first-order valence-electron chi connectivity index (χ1n) is 14.7. The molecule has 3 aliphatic rings. The minimum Gasteiger partial charge on any atom is -0.340 e. The molecule has 4 rings (SSSR count). The Morgan fingerprint density at radius 1 is 0.974 bits per heavy atom. The number of hydrogen-bond acceptors (Lipinski definition) is 3. The summed E-state index contributed by atoms with van der Waals surface area (Å²) in [5.74, 6) is -0.148. The van der Waals surface area contributed by atoms with Crippen LogP contribution in [0.5, 0.6) is 0 Å². The van der Waals surface area contributed by atoms with Gasteiger partial charge >= 0.3 is 6.03 Å². The van der Waals surface area contributed by atoms with E-state index < -0.39 is 5.41 Å². The van der Waals surface area contributed by atoms with Crippen LogP contribution >= 0.6 is 11.6 Å². The van der Waals surface area contributed by atoms with Gasteiger partial charge < -0.3 is 20.0 Å². The Balaban J connectivity index is 1.53. The number of likely N-dealkylation sites (tertiary alicyclic amines) is 2. The summed E-state index contributed by atoms with van der Waals surface area (Å²) < 4.78 is 0. The number of nitrogens with one attached hydrogen (secondary N) is 1. The lowest BCUT2D eigenvalue weighted by atomic mass is 9.74. The van der Waals surface area contributed by atoms with Crippen molar-refractivity contribution in [1.82, 2.24) is 20.0 Å². The molecule has 8 heteroatoms. The SMILES string of the molecule is CCNC(=O)N1C[C@@H](C(=O)N2CC[C@H](N(C(=O)C(C)(C)C)C3CCC(C)(C)CC3)C2)[C@H](c2ccc(Cl)cc2)C1. The minimum absolute atomic E-state index is 0.0294. The zero-order valence-corrected chi connectivity index (χ0v) is 25.4. The second-order valence-corrected chi connectivity index (χ2v) is 14.0. The van der Waals surface area contributed by atoms with Crippen LogP contribution in [-0.4, -0.2) is 77.4 Å².